The van der Waals surface area contributed by atoms with Gasteiger partial charge in [-0.05, 0) is 23.8 Å². The van der Waals surface area contributed by atoms with E-state index in [1.165, 1.54) is 0 Å². The second-order valence-corrected chi connectivity index (χ2v) is 4.93. The van der Waals surface area contributed by atoms with Crippen molar-refractivity contribution in [1.82, 2.24) is 10.6 Å². The summed E-state index contributed by atoms with van der Waals surface area (Å²) in [7, 11) is 1.65. The largest absolute Gasteiger partial charge is 0.387 e. The standard InChI is InChI=1S/C14H17Cl2N3O/c1-3-4-5-18-14(17-2)19-9-13(20)10-6-11(15)8-12(16)7-10/h1,6-8,13,20H,4-5,9H2,2H3,(H2,17,18,19). The van der Waals surface area contributed by atoms with Crippen molar-refractivity contribution in [3.63, 3.8) is 0 Å². The number of rotatable bonds is 5. The molecule has 20 heavy (non-hydrogen) atoms. The van der Waals surface area contributed by atoms with Crippen molar-refractivity contribution < 1.29 is 5.11 Å². The van der Waals surface area contributed by atoms with Gasteiger partial charge in [0.2, 0.25) is 0 Å². The van der Waals surface area contributed by atoms with Crippen molar-refractivity contribution in [2.45, 2.75) is 12.5 Å². The van der Waals surface area contributed by atoms with Gasteiger partial charge in [0.25, 0.3) is 0 Å². The lowest BCUT2D eigenvalue weighted by Crippen LogP contribution is -2.39. The molecule has 0 amide bonds. The van der Waals surface area contributed by atoms with E-state index in [9.17, 15) is 5.11 Å². The Morgan fingerprint density at radius 2 is 2.00 bits per heavy atom. The Labute approximate surface area is 129 Å². The van der Waals surface area contributed by atoms with E-state index in [-0.39, 0.29) is 6.54 Å². The topological polar surface area (TPSA) is 56.7 Å². The zero-order valence-electron chi connectivity index (χ0n) is 11.2. The molecule has 0 aliphatic heterocycles. The summed E-state index contributed by atoms with van der Waals surface area (Å²) in [5.41, 5.74) is 0.647. The van der Waals surface area contributed by atoms with E-state index < -0.39 is 6.10 Å². The summed E-state index contributed by atoms with van der Waals surface area (Å²) >= 11 is 11.8. The third kappa shape index (κ3) is 5.70. The highest BCUT2D eigenvalue weighted by atomic mass is 35.5. The molecule has 1 rings (SSSR count). The summed E-state index contributed by atoms with van der Waals surface area (Å²) in [6.45, 7) is 0.904. The quantitative estimate of drug-likeness (QED) is 0.338. The molecule has 4 nitrogen and oxygen atoms in total. The Morgan fingerprint density at radius 3 is 2.55 bits per heavy atom. The monoisotopic (exact) mass is 313 g/mol. The number of nitrogens with zero attached hydrogens (tertiary/aromatic N) is 1. The fraction of sp³-hybridized carbons (Fsp3) is 0.357. The molecule has 1 unspecified atom stereocenters. The average Bonchev–Trinajstić information content (AvgIpc) is 2.41. The number of aliphatic hydroxyl groups excluding tert-OH is 1. The van der Waals surface area contributed by atoms with Gasteiger partial charge in [0.1, 0.15) is 0 Å². The lowest BCUT2D eigenvalue weighted by Gasteiger charge is -2.15. The maximum atomic E-state index is 10.1. The summed E-state index contributed by atoms with van der Waals surface area (Å²) in [6, 6.07) is 4.97. The number of halogens is 2. The summed E-state index contributed by atoms with van der Waals surface area (Å²) in [5.74, 6) is 3.10. The number of hydrogen-bond acceptors (Lipinski definition) is 2. The first kappa shape index (κ1) is 16.6. The third-order valence-electron chi connectivity index (χ3n) is 2.52. The lowest BCUT2D eigenvalue weighted by atomic mass is 10.1. The van der Waals surface area contributed by atoms with Crippen LogP contribution in [0.15, 0.2) is 23.2 Å². The first-order valence-corrected chi connectivity index (χ1v) is 6.84. The maximum Gasteiger partial charge on any atom is 0.191 e. The Morgan fingerprint density at radius 1 is 1.35 bits per heavy atom. The molecular formula is C14H17Cl2N3O. The molecule has 1 aromatic rings. The number of benzene rings is 1. The average molecular weight is 314 g/mol. The van der Waals surface area contributed by atoms with Crippen LogP contribution in [0.2, 0.25) is 10.0 Å². The number of terminal acetylenes is 1. The first-order valence-electron chi connectivity index (χ1n) is 6.09. The van der Waals surface area contributed by atoms with Gasteiger partial charge in [-0.25, -0.2) is 0 Å². The van der Waals surface area contributed by atoms with Crippen molar-refractivity contribution in [2.75, 3.05) is 20.1 Å². The van der Waals surface area contributed by atoms with Crippen LogP contribution in [0.3, 0.4) is 0 Å². The van der Waals surface area contributed by atoms with Crippen LogP contribution in [-0.4, -0.2) is 31.2 Å². The van der Waals surface area contributed by atoms with Crippen molar-refractivity contribution in [3.8, 4) is 12.3 Å². The van der Waals surface area contributed by atoms with Gasteiger partial charge in [0.15, 0.2) is 5.96 Å². The van der Waals surface area contributed by atoms with Gasteiger partial charge >= 0.3 is 0 Å². The Kier molecular flexibility index (Phi) is 7.24. The molecule has 0 saturated carbocycles. The van der Waals surface area contributed by atoms with Gasteiger partial charge in [-0.1, -0.05) is 23.2 Å². The van der Waals surface area contributed by atoms with Crippen molar-refractivity contribution in [1.29, 1.82) is 0 Å². The van der Waals surface area contributed by atoms with Crippen LogP contribution in [-0.2, 0) is 0 Å². The molecule has 0 radical (unpaired) electrons. The Bertz CT molecular complexity index is 491. The fourth-order valence-electron chi connectivity index (χ4n) is 1.55. The molecule has 0 aliphatic rings. The molecule has 6 heteroatoms. The van der Waals surface area contributed by atoms with Crippen LogP contribution in [0.4, 0.5) is 0 Å². The van der Waals surface area contributed by atoms with E-state index in [0.717, 1.165) is 0 Å². The maximum absolute atomic E-state index is 10.1. The zero-order valence-corrected chi connectivity index (χ0v) is 12.7. The van der Waals surface area contributed by atoms with Gasteiger partial charge in [-0.15, -0.1) is 12.3 Å². The number of aliphatic imine (C=N–C) groups is 1. The molecule has 3 N–H and O–H groups in total. The second-order valence-electron chi connectivity index (χ2n) is 4.05. The molecule has 0 heterocycles. The molecule has 0 fully saturated rings. The number of hydrogen-bond donors (Lipinski definition) is 3. The predicted octanol–water partition coefficient (Wildman–Crippen LogP) is 2.22. The van der Waals surface area contributed by atoms with Crippen LogP contribution in [0.25, 0.3) is 0 Å². The fourth-order valence-corrected chi connectivity index (χ4v) is 2.10. The van der Waals surface area contributed by atoms with E-state index in [1.807, 2.05) is 0 Å². The normalized spacial score (nSPS) is 12.7. The Hall–Kier alpha value is -1.41. The molecule has 1 atom stereocenters. The highest BCUT2D eigenvalue weighted by Crippen LogP contribution is 2.23. The van der Waals surface area contributed by atoms with Gasteiger partial charge in [-0.3, -0.25) is 4.99 Å². The molecule has 0 saturated heterocycles. The van der Waals surface area contributed by atoms with Crippen molar-refractivity contribution in [2.24, 2.45) is 4.99 Å². The summed E-state index contributed by atoms with van der Waals surface area (Å²) in [5, 5.41) is 17.1. The highest BCUT2D eigenvalue weighted by Gasteiger charge is 2.10. The highest BCUT2D eigenvalue weighted by molar-refractivity contribution is 6.34. The van der Waals surface area contributed by atoms with Crippen LogP contribution < -0.4 is 10.6 Å². The summed E-state index contributed by atoms with van der Waals surface area (Å²) in [6.07, 6.45) is 5.03. The molecule has 0 bridgehead atoms. The molecule has 108 valence electrons. The number of aliphatic hydroxyl groups is 1. The van der Waals surface area contributed by atoms with Crippen LogP contribution >= 0.6 is 23.2 Å². The van der Waals surface area contributed by atoms with E-state index in [2.05, 4.69) is 21.5 Å². The SMILES string of the molecule is C#CCCNC(=NC)NCC(O)c1cc(Cl)cc(Cl)c1. The van der Waals surface area contributed by atoms with Gasteiger partial charge < -0.3 is 15.7 Å². The number of nitrogens with one attached hydrogen (secondary N) is 2. The first-order chi connectivity index (χ1) is 9.56. The number of guanidine groups is 1. The van der Waals surface area contributed by atoms with Gasteiger partial charge in [0, 0.05) is 36.6 Å². The smallest absolute Gasteiger partial charge is 0.191 e. The second kappa shape index (κ2) is 8.70. The van der Waals surface area contributed by atoms with E-state index in [0.29, 0.717) is 34.5 Å². The van der Waals surface area contributed by atoms with Crippen LogP contribution in [0.5, 0.6) is 0 Å². The summed E-state index contributed by atoms with van der Waals surface area (Å²) in [4.78, 5) is 4.02. The van der Waals surface area contributed by atoms with Gasteiger partial charge in [0.05, 0.1) is 6.10 Å². The Balaban J connectivity index is 2.53. The van der Waals surface area contributed by atoms with Crippen LogP contribution in [0, 0.1) is 12.3 Å². The lowest BCUT2D eigenvalue weighted by molar-refractivity contribution is 0.181. The predicted molar refractivity (Wildman–Crippen MR) is 84.2 cm³/mol. The molecule has 0 spiro atoms. The zero-order chi connectivity index (χ0) is 15.0. The molecule has 0 aromatic heterocycles. The van der Waals surface area contributed by atoms with Crippen molar-refractivity contribution in [3.05, 3.63) is 33.8 Å². The molecular weight excluding hydrogens is 297 g/mol. The van der Waals surface area contributed by atoms with Gasteiger partial charge in [-0.2, -0.15) is 0 Å². The van der Waals surface area contributed by atoms with E-state index in [1.54, 1.807) is 25.2 Å². The van der Waals surface area contributed by atoms with Crippen molar-refractivity contribution >= 4 is 29.2 Å². The van der Waals surface area contributed by atoms with Crippen LogP contribution in [0.1, 0.15) is 18.1 Å². The third-order valence-corrected chi connectivity index (χ3v) is 2.95. The minimum Gasteiger partial charge on any atom is -0.387 e. The van der Waals surface area contributed by atoms with E-state index >= 15 is 0 Å². The minimum atomic E-state index is -0.739. The minimum absolute atomic E-state index is 0.284. The molecule has 1 aromatic carbocycles. The molecule has 0 aliphatic carbocycles. The van der Waals surface area contributed by atoms with E-state index in [4.69, 9.17) is 29.6 Å². The summed E-state index contributed by atoms with van der Waals surface area (Å²) < 4.78 is 0.